The van der Waals surface area contributed by atoms with E-state index in [0.29, 0.717) is 6.54 Å². The highest BCUT2D eigenvalue weighted by atomic mass is 16.5. The molecule has 1 atom stereocenters. The Labute approximate surface area is 112 Å². The molecule has 0 amide bonds. The third kappa shape index (κ3) is 9.42. The Morgan fingerprint density at radius 3 is 1.89 bits per heavy atom. The van der Waals surface area contributed by atoms with E-state index in [1.165, 1.54) is 0 Å². The van der Waals surface area contributed by atoms with E-state index in [4.69, 9.17) is 4.74 Å². The molecule has 0 fully saturated rings. The first-order chi connectivity index (χ1) is 7.91. The minimum absolute atomic E-state index is 0.0179. The summed E-state index contributed by atoms with van der Waals surface area (Å²) >= 11 is 0. The van der Waals surface area contributed by atoms with E-state index >= 15 is 0 Å². The summed E-state index contributed by atoms with van der Waals surface area (Å²) in [5.41, 5.74) is -0.143. The summed E-state index contributed by atoms with van der Waals surface area (Å²) in [4.78, 5) is 12.0. The second-order valence-corrected chi connectivity index (χ2v) is 7.06. The van der Waals surface area contributed by atoms with Crippen molar-refractivity contribution in [1.82, 2.24) is 10.6 Å². The van der Waals surface area contributed by atoms with E-state index in [1.54, 1.807) is 0 Å². The summed E-state index contributed by atoms with van der Waals surface area (Å²) < 4.78 is 5.28. The van der Waals surface area contributed by atoms with E-state index in [2.05, 4.69) is 31.4 Å². The van der Waals surface area contributed by atoms with Gasteiger partial charge in [-0.2, -0.15) is 0 Å². The highest BCUT2D eigenvalue weighted by Gasteiger charge is 2.26. The second-order valence-electron chi connectivity index (χ2n) is 7.06. The number of hydrogen-bond donors (Lipinski definition) is 2. The largest absolute Gasteiger partial charge is 0.462 e. The molecule has 2 N–H and O–H groups in total. The van der Waals surface area contributed by atoms with Crippen LogP contribution in [0.15, 0.2) is 0 Å². The van der Waals surface area contributed by atoms with Crippen LogP contribution in [0.1, 0.15) is 55.4 Å². The van der Waals surface area contributed by atoms with E-state index in [9.17, 15) is 4.79 Å². The Bertz CT molecular complexity index is 262. The predicted octanol–water partition coefficient (Wildman–Crippen LogP) is 2.08. The quantitative estimate of drug-likeness (QED) is 0.741. The molecule has 0 aliphatic carbocycles. The number of ether oxygens (including phenoxy) is 1. The first-order valence-corrected chi connectivity index (χ1v) is 6.64. The van der Waals surface area contributed by atoms with Gasteiger partial charge < -0.3 is 10.1 Å². The Balaban J connectivity index is 4.57. The normalized spacial score (nSPS) is 14.7. The van der Waals surface area contributed by atoms with Crippen molar-refractivity contribution in [1.29, 1.82) is 0 Å². The van der Waals surface area contributed by atoms with Crippen molar-refractivity contribution in [2.24, 2.45) is 0 Å². The number of carbonyl (C=O) groups is 1. The molecule has 1 unspecified atom stereocenters. The molecule has 0 aromatic carbocycles. The van der Waals surface area contributed by atoms with Crippen LogP contribution in [0.3, 0.4) is 0 Å². The molecule has 0 bridgehead atoms. The van der Waals surface area contributed by atoms with Gasteiger partial charge in [-0.05, 0) is 55.4 Å². The van der Waals surface area contributed by atoms with E-state index in [-0.39, 0.29) is 29.2 Å². The van der Waals surface area contributed by atoms with Gasteiger partial charge in [0.2, 0.25) is 0 Å². The Morgan fingerprint density at radius 1 is 1.06 bits per heavy atom. The van der Waals surface area contributed by atoms with Crippen molar-refractivity contribution in [3.8, 4) is 0 Å². The van der Waals surface area contributed by atoms with Gasteiger partial charge in [0.15, 0.2) is 0 Å². The van der Waals surface area contributed by atoms with Crippen LogP contribution in [0.4, 0.5) is 0 Å². The maximum Gasteiger partial charge on any atom is 0.324 e. The maximum absolute atomic E-state index is 12.0. The zero-order chi connectivity index (χ0) is 14.6. The topological polar surface area (TPSA) is 50.4 Å². The van der Waals surface area contributed by atoms with Crippen molar-refractivity contribution in [2.45, 2.75) is 78.6 Å². The van der Waals surface area contributed by atoms with Crippen LogP contribution < -0.4 is 10.6 Å². The van der Waals surface area contributed by atoms with E-state index < -0.39 is 0 Å². The molecule has 18 heavy (non-hydrogen) atoms. The van der Waals surface area contributed by atoms with Crippen LogP contribution in [-0.2, 0) is 9.53 Å². The van der Waals surface area contributed by atoms with Crippen molar-refractivity contribution in [3.05, 3.63) is 0 Å². The lowest BCUT2D eigenvalue weighted by Crippen LogP contribution is -2.55. The first kappa shape index (κ1) is 17.4. The van der Waals surface area contributed by atoms with Crippen molar-refractivity contribution < 1.29 is 9.53 Å². The van der Waals surface area contributed by atoms with Crippen LogP contribution in [0.2, 0.25) is 0 Å². The molecule has 0 spiro atoms. The van der Waals surface area contributed by atoms with Gasteiger partial charge in [0.05, 0.1) is 6.10 Å². The molecule has 0 aliphatic rings. The Morgan fingerprint density at radius 2 is 1.56 bits per heavy atom. The second kappa shape index (κ2) is 6.53. The molecule has 0 aromatic heterocycles. The molecule has 108 valence electrons. The minimum atomic E-state index is -0.327. The van der Waals surface area contributed by atoms with Gasteiger partial charge in [0.1, 0.15) is 6.04 Å². The lowest BCUT2D eigenvalue weighted by molar-refractivity contribution is -0.150. The molecule has 0 saturated heterocycles. The van der Waals surface area contributed by atoms with E-state index in [0.717, 1.165) is 0 Å². The lowest BCUT2D eigenvalue weighted by Gasteiger charge is -2.30. The third-order valence-electron chi connectivity index (χ3n) is 2.08. The maximum atomic E-state index is 12.0. The zero-order valence-corrected chi connectivity index (χ0v) is 13.2. The summed E-state index contributed by atoms with van der Waals surface area (Å²) in [7, 11) is 0. The molecule has 0 radical (unpaired) electrons. The summed E-state index contributed by atoms with van der Waals surface area (Å²) in [5.74, 6) is -0.198. The van der Waals surface area contributed by atoms with Gasteiger partial charge in [0.25, 0.3) is 0 Å². The number of hydrogen-bond acceptors (Lipinski definition) is 4. The number of rotatable bonds is 5. The molecule has 0 saturated carbocycles. The molecule has 0 heterocycles. The van der Waals surface area contributed by atoms with Gasteiger partial charge in [-0.15, -0.1) is 0 Å². The summed E-state index contributed by atoms with van der Waals surface area (Å²) in [6.07, 6.45) is -0.0867. The van der Waals surface area contributed by atoms with Crippen molar-refractivity contribution in [3.63, 3.8) is 0 Å². The fourth-order valence-electron chi connectivity index (χ4n) is 1.44. The van der Waals surface area contributed by atoms with Crippen LogP contribution in [0.5, 0.6) is 0 Å². The molecule has 4 heteroatoms. The molecular formula is C14H30N2O2. The highest BCUT2D eigenvalue weighted by Crippen LogP contribution is 2.06. The summed E-state index contributed by atoms with van der Waals surface area (Å²) in [6, 6.07) is -0.327. The van der Waals surface area contributed by atoms with Crippen LogP contribution in [-0.4, -0.2) is 35.7 Å². The highest BCUT2D eigenvalue weighted by molar-refractivity contribution is 5.76. The monoisotopic (exact) mass is 258 g/mol. The molecular weight excluding hydrogens is 228 g/mol. The van der Waals surface area contributed by atoms with Gasteiger partial charge in [0, 0.05) is 17.6 Å². The number of nitrogens with one attached hydrogen (secondary N) is 2. The molecule has 4 nitrogen and oxygen atoms in total. The summed E-state index contributed by atoms with van der Waals surface area (Å²) in [6.45, 7) is 16.6. The van der Waals surface area contributed by atoms with Crippen LogP contribution in [0, 0.1) is 0 Å². The van der Waals surface area contributed by atoms with Gasteiger partial charge in [-0.25, -0.2) is 0 Å². The lowest BCUT2D eigenvalue weighted by atomic mass is 10.1. The van der Waals surface area contributed by atoms with E-state index in [1.807, 2.05) is 34.6 Å². The molecule has 0 aromatic rings. The van der Waals surface area contributed by atoms with Gasteiger partial charge in [-0.1, -0.05) is 0 Å². The SMILES string of the molecule is CC(C)OC(=O)C(CNC(C)(C)C)NC(C)(C)C. The average Bonchev–Trinajstić information content (AvgIpc) is 2.07. The fourth-order valence-corrected chi connectivity index (χ4v) is 1.44. The van der Waals surface area contributed by atoms with Crippen molar-refractivity contribution in [2.75, 3.05) is 6.54 Å². The fraction of sp³-hybridized carbons (Fsp3) is 0.929. The zero-order valence-electron chi connectivity index (χ0n) is 13.2. The van der Waals surface area contributed by atoms with Crippen LogP contribution in [0.25, 0.3) is 0 Å². The van der Waals surface area contributed by atoms with Gasteiger partial charge >= 0.3 is 5.97 Å². The third-order valence-corrected chi connectivity index (χ3v) is 2.08. The predicted molar refractivity (Wildman–Crippen MR) is 75.7 cm³/mol. The summed E-state index contributed by atoms with van der Waals surface area (Å²) in [5, 5.41) is 6.63. The van der Waals surface area contributed by atoms with Gasteiger partial charge in [-0.3, -0.25) is 10.1 Å². The van der Waals surface area contributed by atoms with Crippen LogP contribution >= 0.6 is 0 Å². The Kier molecular flexibility index (Phi) is 6.30. The first-order valence-electron chi connectivity index (χ1n) is 6.64. The number of esters is 1. The number of carbonyl (C=O) groups excluding carboxylic acids is 1. The Hall–Kier alpha value is -0.610. The molecule has 0 aliphatic heterocycles. The van der Waals surface area contributed by atoms with Crippen molar-refractivity contribution >= 4 is 5.97 Å². The smallest absolute Gasteiger partial charge is 0.324 e. The average molecular weight is 258 g/mol. The standard InChI is InChI=1S/C14H30N2O2/c1-10(2)18-12(17)11(16-14(6,7)8)9-15-13(3,4)5/h10-11,15-16H,9H2,1-8H3. The minimum Gasteiger partial charge on any atom is -0.462 e. The molecule has 0 rings (SSSR count).